The Morgan fingerprint density at radius 1 is 1.11 bits per heavy atom. The van der Waals surface area contributed by atoms with E-state index in [2.05, 4.69) is 30.1 Å². The fourth-order valence-corrected chi connectivity index (χ4v) is 7.58. The molecule has 0 spiro atoms. The molecular weight excluding hydrogens is 534 g/mol. The molecule has 0 unspecified atom stereocenters. The van der Waals surface area contributed by atoms with E-state index in [1.807, 2.05) is 18.2 Å². The van der Waals surface area contributed by atoms with E-state index in [1.165, 1.54) is 22.6 Å². The molecule has 5 rings (SSSR count). The number of nitrogens with zero attached hydrogens (tertiary/aromatic N) is 2. The van der Waals surface area contributed by atoms with Crippen molar-refractivity contribution in [3.63, 3.8) is 0 Å². The number of amides is 1. The lowest BCUT2D eigenvalue weighted by Crippen LogP contribution is -2.35. The molecule has 0 atom stereocenters. The van der Waals surface area contributed by atoms with Gasteiger partial charge in [0.1, 0.15) is 10.0 Å². The number of thiophene rings is 1. The molecule has 10 heteroatoms. The zero-order valence-corrected chi connectivity index (χ0v) is 23.5. The number of thiazole rings is 1. The summed E-state index contributed by atoms with van der Waals surface area (Å²) >= 11 is 3.26. The van der Waals surface area contributed by atoms with Crippen LogP contribution in [0.4, 0.5) is 5.00 Å². The maximum Gasteiger partial charge on any atom is 0.256 e. The van der Waals surface area contributed by atoms with Crippen LogP contribution in [0, 0.1) is 0 Å². The van der Waals surface area contributed by atoms with E-state index in [9.17, 15) is 13.2 Å². The van der Waals surface area contributed by atoms with Gasteiger partial charge in [0.05, 0.1) is 20.9 Å². The molecule has 6 nitrogen and oxygen atoms in total. The van der Waals surface area contributed by atoms with Crippen LogP contribution in [0.15, 0.2) is 53.4 Å². The summed E-state index contributed by atoms with van der Waals surface area (Å²) in [5.74, 6) is -0.231. The highest BCUT2D eigenvalue weighted by Gasteiger charge is 2.28. The van der Waals surface area contributed by atoms with E-state index in [0.29, 0.717) is 11.6 Å². The number of sulfone groups is 1. The third-order valence-corrected chi connectivity index (χ3v) is 10.3. The van der Waals surface area contributed by atoms with E-state index in [0.717, 1.165) is 45.3 Å². The van der Waals surface area contributed by atoms with Gasteiger partial charge in [0.15, 0.2) is 9.84 Å². The normalized spacial score (nSPS) is 14.0. The zero-order chi connectivity index (χ0) is 24.7. The lowest BCUT2D eigenvalue weighted by molar-refractivity contribution is 0.102. The van der Waals surface area contributed by atoms with Crippen LogP contribution in [0.25, 0.3) is 20.8 Å². The molecule has 190 valence electrons. The van der Waals surface area contributed by atoms with Gasteiger partial charge in [0, 0.05) is 35.1 Å². The molecular formula is C26H28ClN3O3S3. The molecule has 2 aromatic carbocycles. The van der Waals surface area contributed by atoms with Crippen LogP contribution in [0.1, 0.15) is 41.6 Å². The van der Waals surface area contributed by atoms with Gasteiger partial charge in [-0.15, -0.1) is 35.1 Å². The predicted octanol–water partition coefficient (Wildman–Crippen LogP) is 6.26. The van der Waals surface area contributed by atoms with Gasteiger partial charge in [0.2, 0.25) is 0 Å². The Labute approximate surface area is 225 Å². The van der Waals surface area contributed by atoms with Gasteiger partial charge in [-0.2, -0.15) is 0 Å². The smallest absolute Gasteiger partial charge is 0.256 e. The average molecular weight is 562 g/mol. The van der Waals surface area contributed by atoms with Gasteiger partial charge >= 0.3 is 0 Å². The number of rotatable bonds is 6. The zero-order valence-electron chi connectivity index (χ0n) is 20.3. The molecule has 1 N–H and O–H groups in total. The SMILES string of the molecule is CCS(=O)(=O)c1ccc(C(=O)Nc2sc3c(c2-c2nc4ccccc4s2)CCN(C(C)C)C3)cc1.Cl. The fraction of sp³-hybridized carbons (Fsp3) is 0.308. The van der Waals surface area contributed by atoms with Crippen LogP contribution in [-0.2, 0) is 22.8 Å². The summed E-state index contributed by atoms with van der Waals surface area (Å²) in [6, 6.07) is 14.7. The number of aromatic nitrogens is 1. The predicted molar refractivity (Wildman–Crippen MR) is 152 cm³/mol. The number of anilines is 1. The van der Waals surface area contributed by atoms with Crippen LogP contribution in [-0.4, -0.2) is 42.5 Å². The van der Waals surface area contributed by atoms with E-state index in [1.54, 1.807) is 41.7 Å². The molecule has 1 aliphatic rings. The topological polar surface area (TPSA) is 79.4 Å². The quantitative estimate of drug-likeness (QED) is 0.300. The van der Waals surface area contributed by atoms with Crippen LogP contribution in [0.2, 0.25) is 0 Å². The van der Waals surface area contributed by atoms with E-state index in [4.69, 9.17) is 4.98 Å². The summed E-state index contributed by atoms with van der Waals surface area (Å²) in [5.41, 5.74) is 3.67. The van der Waals surface area contributed by atoms with Crippen LogP contribution in [0.5, 0.6) is 0 Å². The maximum atomic E-state index is 13.2. The third-order valence-electron chi connectivity index (χ3n) is 6.41. The Kier molecular flexibility index (Phi) is 7.87. The highest BCUT2D eigenvalue weighted by atomic mass is 35.5. The van der Waals surface area contributed by atoms with Crippen LogP contribution in [0.3, 0.4) is 0 Å². The number of fused-ring (bicyclic) bond motifs is 2. The minimum absolute atomic E-state index is 0. The van der Waals surface area contributed by atoms with Gasteiger partial charge in [0.25, 0.3) is 5.91 Å². The lowest BCUT2D eigenvalue weighted by Gasteiger charge is -2.30. The second-order valence-corrected chi connectivity index (χ2v) is 13.3. The fourth-order valence-electron chi connectivity index (χ4n) is 4.31. The minimum Gasteiger partial charge on any atom is -0.313 e. The lowest BCUT2D eigenvalue weighted by atomic mass is 10.0. The number of para-hydroxylation sites is 1. The second kappa shape index (κ2) is 10.6. The average Bonchev–Trinajstić information content (AvgIpc) is 3.44. The molecule has 0 saturated carbocycles. The molecule has 0 fully saturated rings. The van der Waals surface area contributed by atoms with Crippen molar-refractivity contribution >= 4 is 66.0 Å². The van der Waals surface area contributed by atoms with Crippen LogP contribution >= 0.6 is 35.1 Å². The summed E-state index contributed by atoms with van der Waals surface area (Å²) in [5, 5.41) is 4.84. The van der Waals surface area contributed by atoms with Gasteiger partial charge in [-0.25, -0.2) is 13.4 Å². The van der Waals surface area contributed by atoms with Gasteiger partial charge in [-0.1, -0.05) is 19.1 Å². The highest BCUT2D eigenvalue weighted by Crippen LogP contribution is 2.46. The van der Waals surface area contributed by atoms with Crippen LogP contribution < -0.4 is 5.32 Å². The molecule has 0 saturated heterocycles. The molecule has 2 aromatic heterocycles. The number of benzene rings is 2. The van der Waals surface area contributed by atoms with Crippen molar-refractivity contribution in [2.24, 2.45) is 0 Å². The Morgan fingerprint density at radius 3 is 2.50 bits per heavy atom. The van der Waals surface area contributed by atoms with Crippen molar-refractivity contribution in [3.05, 3.63) is 64.5 Å². The number of halogens is 1. The van der Waals surface area contributed by atoms with Crippen molar-refractivity contribution in [1.29, 1.82) is 0 Å². The molecule has 1 aliphatic heterocycles. The first-order chi connectivity index (χ1) is 16.8. The number of nitrogens with one attached hydrogen (secondary N) is 1. The van der Waals surface area contributed by atoms with E-state index in [-0.39, 0.29) is 29.0 Å². The minimum atomic E-state index is -3.31. The van der Waals surface area contributed by atoms with Crippen molar-refractivity contribution in [2.75, 3.05) is 17.6 Å². The number of carbonyl (C=O) groups is 1. The van der Waals surface area contributed by atoms with Gasteiger partial charge in [-0.05, 0) is 62.2 Å². The van der Waals surface area contributed by atoms with Crippen molar-refractivity contribution in [1.82, 2.24) is 9.88 Å². The number of hydrogen-bond acceptors (Lipinski definition) is 7. The molecule has 1 amide bonds. The molecule has 0 bridgehead atoms. The molecule has 3 heterocycles. The van der Waals surface area contributed by atoms with Crippen molar-refractivity contribution in [2.45, 2.75) is 44.7 Å². The summed E-state index contributed by atoms with van der Waals surface area (Å²) in [6.07, 6.45) is 0.911. The standard InChI is InChI=1S/C26H27N3O3S3.ClH/c1-4-35(31,32)18-11-9-17(10-12-18)24(30)28-26-23(25-27-20-7-5-6-8-21(20)33-25)19-13-14-29(16(2)3)15-22(19)34-26;/h5-12,16H,4,13-15H2,1-3H3,(H,28,30);1H. The summed E-state index contributed by atoms with van der Waals surface area (Å²) in [4.78, 5) is 22.0. The van der Waals surface area contributed by atoms with E-state index < -0.39 is 9.84 Å². The Hall–Kier alpha value is -2.30. The molecule has 0 aliphatic carbocycles. The molecule has 4 aromatic rings. The first-order valence-corrected chi connectivity index (χ1v) is 14.9. The number of carbonyl (C=O) groups excluding carboxylic acids is 1. The summed E-state index contributed by atoms with van der Waals surface area (Å²) in [6.45, 7) is 7.85. The second-order valence-electron chi connectivity index (χ2n) is 8.89. The first kappa shape index (κ1) is 26.8. The first-order valence-electron chi connectivity index (χ1n) is 11.7. The summed E-state index contributed by atoms with van der Waals surface area (Å²) in [7, 11) is -3.31. The monoisotopic (exact) mass is 561 g/mol. The third kappa shape index (κ3) is 5.08. The largest absolute Gasteiger partial charge is 0.313 e. The van der Waals surface area contributed by atoms with Crippen molar-refractivity contribution in [3.8, 4) is 10.6 Å². The van der Waals surface area contributed by atoms with E-state index >= 15 is 0 Å². The molecule has 36 heavy (non-hydrogen) atoms. The Bertz CT molecular complexity index is 1480. The molecule has 0 radical (unpaired) electrons. The number of hydrogen-bond donors (Lipinski definition) is 1. The van der Waals surface area contributed by atoms with Crippen molar-refractivity contribution < 1.29 is 13.2 Å². The Morgan fingerprint density at radius 2 is 1.83 bits per heavy atom. The maximum absolute atomic E-state index is 13.2. The van der Waals surface area contributed by atoms with Gasteiger partial charge in [-0.3, -0.25) is 9.69 Å². The van der Waals surface area contributed by atoms with Gasteiger partial charge < -0.3 is 5.32 Å². The summed E-state index contributed by atoms with van der Waals surface area (Å²) < 4.78 is 25.4. The highest BCUT2D eigenvalue weighted by molar-refractivity contribution is 7.91. The Balaban J connectivity index is 0.00000304.